The van der Waals surface area contributed by atoms with Gasteiger partial charge in [0.25, 0.3) is 0 Å². The molecule has 2 aliphatic heterocycles. The van der Waals surface area contributed by atoms with Crippen molar-refractivity contribution in [3.05, 3.63) is 35.8 Å². The Bertz CT molecular complexity index is 1130. The van der Waals surface area contributed by atoms with Crippen molar-refractivity contribution >= 4 is 23.1 Å². The number of ether oxygens (including phenoxy) is 1. The van der Waals surface area contributed by atoms with Gasteiger partial charge in [-0.15, -0.1) is 0 Å². The van der Waals surface area contributed by atoms with Crippen molar-refractivity contribution in [2.24, 2.45) is 0 Å². The van der Waals surface area contributed by atoms with E-state index >= 15 is 0 Å². The number of piperazine rings is 1. The lowest BCUT2D eigenvalue weighted by Gasteiger charge is -2.41. The highest BCUT2D eigenvalue weighted by Gasteiger charge is 2.36. The summed E-state index contributed by atoms with van der Waals surface area (Å²) in [5, 5.41) is 12.5. The van der Waals surface area contributed by atoms with Gasteiger partial charge in [0, 0.05) is 44.5 Å². The highest BCUT2D eigenvalue weighted by Crippen LogP contribution is 2.37. The number of aromatic nitrogens is 3. The Kier molecular flexibility index (Phi) is 8.13. The molecule has 4 rings (SSSR count). The number of pyridine rings is 1. The molecule has 0 aliphatic carbocycles. The van der Waals surface area contributed by atoms with Crippen molar-refractivity contribution in [1.29, 1.82) is 0 Å². The highest BCUT2D eigenvalue weighted by molar-refractivity contribution is 5.77. The van der Waals surface area contributed by atoms with Gasteiger partial charge in [0.1, 0.15) is 5.56 Å². The zero-order valence-corrected chi connectivity index (χ0v) is 20.4. The first-order chi connectivity index (χ1) is 17.9. The maximum Gasteiger partial charge on any atom is 0.420 e. The fourth-order valence-corrected chi connectivity index (χ4v) is 4.50. The van der Waals surface area contributed by atoms with Crippen LogP contribution in [0.5, 0.6) is 0 Å². The molecule has 0 aromatic carbocycles. The molecule has 2 N–H and O–H groups in total. The minimum Gasteiger partial charge on any atom is -0.382 e. The van der Waals surface area contributed by atoms with Crippen molar-refractivity contribution in [1.82, 2.24) is 20.1 Å². The third kappa shape index (κ3) is 6.55. The topological polar surface area (TPSA) is 95.5 Å². The van der Waals surface area contributed by atoms with Gasteiger partial charge in [-0.1, -0.05) is 0 Å². The van der Waals surface area contributed by atoms with Crippen LogP contribution in [-0.4, -0.2) is 77.5 Å². The van der Waals surface area contributed by atoms with Crippen LogP contribution >= 0.6 is 0 Å². The Morgan fingerprint density at radius 1 is 1.16 bits per heavy atom. The number of carbonyl (C=O) groups excluding carboxylic acids is 1. The summed E-state index contributed by atoms with van der Waals surface area (Å²) in [5.41, 5.74) is -1.64. The van der Waals surface area contributed by atoms with Crippen molar-refractivity contribution in [3.8, 4) is 0 Å². The Labute approximate surface area is 214 Å². The first-order valence-electron chi connectivity index (χ1n) is 12.0. The number of amides is 1. The third-order valence-corrected chi connectivity index (χ3v) is 6.36. The summed E-state index contributed by atoms with van der Waals surface area (Å²) >= 11 is 0. The molecular formula is C23H27F6N7O2. The van der Waals surface area contributed by atoms with Crippen LogP contribution in [-0.2, 0) is 21.9 Å². The van der Waals surface area contributed by atoms with Gasteiger partial charge in [0.05, 0.1) is 49.0 Å². The molecule has 2 aromatic rings. The van der Waals surface area contributed by atoms with Gasteiger partial charge in [-0.05, 0) is 19.4 Å². The zero-order chi connectivity index (χ0) is 27.5. The smallest absolute Gasteiger partial charge is 0.382 e. The maximum atomic E-state index is 13.1. The molecule has 2 atom stereocenters. The fraction of sp³-hybridized carbons (Fsp3) is 0.565. The monoisotopic (exact) mass is 547 g/mol. The van der Waals surface area contributed by atoms with Crippen LogP contribution in [0.3, 0.4) is 0 Å². The van der Waals surface area contributed by atoms with Crippen LogP contribution in [0.15, 0.2) is 24.7 Å². The van der Waals surface area contributed by atoms with Crippen molar-refractivity contribution in [2.45, 2.75) is 44.2 Å². The number of halogens is 6. The normalized spacial score (nSPS) is 18.7. The SMILES string of the molecule is C[C@H](COCCC(=O)N1CCN2c3ncc(C(F)(F)F)cc3NCC[C@H]2C1)Nc1cnncc1C(F)(F)F. The van der Waals surface area contributed by atoms with Gasteiger partial charge in [-0.25, -0.2) is 4.98 Å². The average Bonchev–Trinajstić information content (AvgIpc) is 3.04. The van der Waals surface area contributed by atoms with Crippen LogP contribution in [0, 0.1) is 0 Å². The second-order valence-electron chi connectivity index (χ2n) is 9.18. The number of anilines is 3. The summed E-state index contributed by atoms with van der Waals surface area (Å²) in [4.78, 5) is 20.5. The van der Waals surface area contributed by atoms with E-state index in [0.29, 0.717) is 50.3 Å². The molecule has 38 heavy (non-hydrogen) atoms. The van der Waals surface area contributed by atoms with Gasteiger partial charge in [0.2, 0.25) is 5.91 Å². The quantitative estimate of drug-likeness (QED) is 0.401. The molecule has 4 heterocycles. The zero-order valence-electron chi connectivity index (χ0n) is 20.4. The van der Waals surface area contributed by atoms with Crippen LogP contribution < -0.4 is 15.5 Å². The van der Waals surface area contributed by atoms with E-state index in [9.17, 15) is 31.1 Å². The molecule has 2 aromatic heterocycles. The maximum absolute atomic E-state index is 13.1. The van der Waals surface area contributed by atoms with Crippen LogP contribution in [0.2, 0.25) is 0 Å². The van der Waals surface area contributed by atoms with Crippen LogP contribution in [0.25, 0.3) is 0 Å². The molecule has 0 bridgehead atoms. The van der Waals surface area contributed by atoms with E-state index in [4.69, 9.17) is 4.74 Å². The highest BCUT2D eigenvalue weighted by atomic mass is 19.4. The largest absolute Gasteiger partial charge is 0.420 e. The summed E-state index contributed by atoms with van der Waals surface area (Å²) in [6.07, 6.45) is -5.90. The van der Waals surface area contributed by atoms with E-state index in [0.717, 1.165) is 18.5 Å². The van der Waals surface area contributed by atoms with E-state index < -0.39 is 29.5 Å². The number of hydrogen-bond donors (Lipinski definition) is 2. The molecule has 0 unspecified atom stereocenters. The van der Waals surface area contributed by atoms with Gasteiger partial charge >= 0.3 is 12.4 Å². The lowest BCUT2D eigenvalue weighted by Crippen LogP contribution is -2.55. The second-order valence-corrected chi connectivity index (χ2v) is 9.18. The molecule has 1 fully saturated rings. The Morgan fingerprint density at radius 3 is 2.66 bits per heavy atom. The molecule has 15 heteroatoms. The van der Waals surface area contributed by atoms with E-state index in [1.165, 1.54) is 0 Å². The molecule has 1 saturated heterocycles. The molecule has 0 saturated carbocycles. The van der Waals surface area contributed by atoms with E-state index in [-0.39, 0.29) is 37.3 Å². The third-order valence-electron chi connectivity index (χ3n) is 6.36. The number of carbonyl (C=O) groups is 1. The first kappa shape index (κ1) is 27.7. The Balaban J connectivity index is 1.25. The Morgan fingerprint density at radius 2 is 1.92 bits per heavy atom. The van der Waals surface area contributed by atoms with Crippen molar-refractivity contribution in [2.75, 3.05) is 54.9 Å². The number of nitrogens with one attached hydrogen (secondary N) is 2. The summed E-state index contributed by atoms with van der Waals surface area (Å²) < 4.78 is 84.0. The summed E-state index contributed by atoms with van der Waals surface area (Å²) in [7, 11) is 0. The molecule has 1 amide bonds. The van der Waals surface area contributed by atoms with Gasteiger partial charge in [0.15, 0.2) is 5.82 Å². The first-order valence-corrected chi connectivity index (χ1v) is 12.0. The average molecular weight is 548 g/mol. The molecule has 208 valence electrons. The molecule has 2 aliphatic rings. The number of fused-ring (bicyclic) bond motifs is 3. The minimum atomic E-state index is -4.58. The standard InChI is InChI=1S/C23H27F6N7O2/c1-14(34-19-11-33-32-10-17(19)23(27,28)29)13-38-7-3-20(37)35-5-6-36-16(12-35)2-4-30-18-8-15(22(24,25)26)9-31-21(18)36/h8-11,14,16,30H,2-7,12-13H2,1H3,(H,32,34)/t14-,16+/m1/s1. The molecule has 0 spiro atoms. The lowest BCUT2D eigenvalue weighted by atomic mass is 10.1. The Hall–Kier alpha value is -3.36. The van der Waals surface area contributed by atoms with Crippen molar-refractivity contribution in [3.63, 3.8) is 0 Å². The number of rotatable bonds is 7. The van der Waals surface area contributed by atoms with Gasteiger partial charge in [-0.3, -0.25) is 4.79 Å². The summed E-state index contributed by atoms with van der Waals surface area (Å²) in [5.74, 6) is 0.302. The van der Waals surface area contributed by atoms with E-state index in [2.05, 4.69) is 25.8 Å². The van der Waals surface area contributed by atoms with Gasteiger partial charge < -0.3 is 25.2 Å². The van der Waals surface area contributed by atoms with Crippen LogP contribution in [0.1, 0.15) is 30.9 Å². The van der Waals surface area contributed by atoms with Crippen molar-refractivity contribution < 1.29 is 35.9 Å². The molecule has 9 nitrogen and oxygen atoms in total. The predicted molar refractivity (Wildman–Crippen MR) is 126 cm³/mol. The van der Waals surface area contributed by atoms with Gasteiger partial charge in [-0.2, -0.15) is 36.5 Å². The minimum absolute atomic E-state index is 0.0668. The van der Waals surface area contributed by atoms with Crippen LogP contribution in [0.4, 0.5) is 43.5 Å². The fourth-order valence-electron chi connectivity index (χ4n) is 4.50. The predicted octanol–water partition coefficient (Wildman–Crippen LogP) is 3.65. The molecular weight excluding hydrogens is 520 g/mol. The number of alkyl halides is 6. The second kappa shape index (κ2) is 11.2. The molecule has 0 radical (unpaired) electrons. The summed E-state index contributed by atoms with van der Waals surface area (Å²) in [6.45, 7) is 3.44. The van der Waals surface area contributed by atoms with E-state index in [1.807, 2.05) is 4.90 Å². The van der Waals surface area contributed by atoms with E-state index in [1.54, 1.807) is 11.8 Å². The number of hydrogen-bond acceptors (Lipinski definition) is 8. The lowest BCUT2D eigenvalue weighted by molar-refractivity contribution is -0.138. The summed E-state index contributed by atoms with van der Waals surface area (Å²) in [6, 6.07) is 0.473. The number of nitrogens with zero attached hydrogens (tertiary/aromatic N) is 5.